The van der Waals surface area contributed by atoms with Gasteiger partial charge in [0.2, 0.25) is 0 Å². The molecule has 1 heterocycles. The number of halogens is 2. The zero-order valence-electron chi connectivity index (χ0n) is 10.5. The maximum atomic E-state index is 6.12. The molecule has 0 spiro atoms. The highest BCUT2D eigenvalue weighted by molar-refractivity contribution is 9.10. The summed E-state index contributed by atoms with van der Waals surface area (Å²) >= 11 is 9.64. The minimum Gasteiger partial charge on any atom is -0.380 e. The van der Waals surface area contributed by atoms with Gasteiger partial charge in [-0.25, -0.2) is 0 Å². The number of nitrogens with zero attached hydrogens (tertiary/aromatic N) is 1. The summed E-state index contributed by atoms with van der Waals surface area (Å²) in [6, 6.07) is 3.91. The van der Waals surface area contributed by atoms with Crippen molar-refractivity contribution in [1.82, 2.24) is 5.16 Å². The number of nitrogens with one attached hydrogen (secondary N) is 1. The van der Waals surface area contributed by atoms with Crippen molar-refractivity contribution in [2.75, 3.05) is 5.32 Å². The predicted molar refractivity (Wildman–Crippen MR) is 77.2 cm³/mol. The van der Waals surface area contributed by atoms with Crippen molar-refractivity contribution in [3.8, 4) is 0 Å². The highest BCUT2D eigenvalue weighted by atomic mass is 79.9. The average Bonchev–Trinajstić information content (AvgIpc) is 2.62. The molecular formula is C13H14BrClN2O. The molecule has 1 aromatic heterocycles. The van der Waals surface area contributed by atoms with Gasteiger partial charge >= 0.3 is 0 Å². The highest BCUT2D eigenvalue weighted by Gasteiger charge is 2.10. The summed E-state index contributed by atoms with van der Waals surface area (Å²) in [6.07, 6.45) is 0. The summed E-state index contributed by atoms with van der Waals surface area (Å²) in [5, 5.41) is 8.01. The van der Waals surface area contributed by atoms with Crippen molar-refractivity contribution in [1.29, 1.82) is 0 Å². The first-order chi connectivity index (χ1) is 8.49. The summed E-state index contributed by atoms with van der Waals surface area (Å²) in [6.45, 7) is 6.49. The van der Waals surface area contributed by atoms with Crippen LogP contribution in [0.3, 0.4) is 0 Å². The Bertz CT molecular complexity index is 561. The van der Waals surface area contributed by atoms with Gasteiger partial charge in [-0.2, -0.15) is 0 Å². The van der Waals surface area contributed by atoms with E-state index in [4.69, 9.17) is 16.1 Å². The predicted octanol–water partition coefficient (Wildman–Crippen LogP) is 4.63. The second kappa shape index (κ2) is 5.33. The minimum atomic E-state index is 0.666. The number of hydrogen-bond acceptors (Lipinski definition) is 3. The Hall–Kier alpha value is -1.000. The molecule has 0 fully saturated rings. The molecule has 0 atom stereocenters. The summed E-state index contributed by atoms with van der Waals surface area (Å²) < 4.78 is 6.13. The van der Waals surface area contributed by atoms with Crippen LogP contribution in [0.4, 0.5) is 5.69 Å². The molecule has 2 aromatic rings. The first-order valence-electron chi connectivity index (χ1n) is 5.60. The van der Waals surface area contributed by atoms with Crippen LogP contribution in [0.15, 0.2) is 21.1 Å². The first kappa shape index (κ1) is 13.4. The Kier molecular flexibility index (Phi) is 3.97. The van der Waals surface area contributed by atoms with Crippen molar-refractivity contribution in [3.05, 3.63) is 44.2 Å². The lowest BCUT2D eigenvalue weighted by molar-refractivity contribution is 0.392. The molecule has 0 unspecified atom stereocenters. The molecule has 1 aromatic carbocycles. The third-order valence-electron chi connectivity index (χ3n) is 2.89. The maximum absolute atomic E-state index is 6.12. The highest BCUT2D eigenvalue weighted by Crippen LogP contribution is 2.29. The molecule has 0 aliphatic carbocycles. The largest absolute Gasteiger partial charge is 0.380 e. The van der Waals surface area contributed by atoms with Gasteiger partial charge in [0.25, 0.3) is 0 Å². The Labute approximate surface area is 120 Å². The maximum Gasteiger partial charge on any atom is 0.138 e. The summed E-state index contributed by atoms with van der Waals surface area (Å²) in [5.41, 5.74) is 4.00. The van der Waals surface area contributed by atoms with E-state index in [0.29, 0.717) is 6.54 Å². The number of hydrogen-bond donors (Lipinski definition) is 1. The molecule has 0 aliphatic rings. The summed E-state index contributed by atoms with van der Waals surface area (Å²) in [7, 11) is 0. The van der Waals surface area contributed by atoms with Gasteiger partial charge in [-0.3, -0.25) is 0 Å². The van der Waals surface area contributed by atoms with E-state index < -0.39 is 0 Å². The van der Waals surface area contributed by atoms with E-state index >= 15 is 0 Å². The molecule has 0 radical (unpaired) electrons. The normalized spacial score (nSPS) is 10.7. The van der Waals surface area contributed by atoms with E-state index in [1.165, 1.54) is 0 Å². The van der Waals surface area contributed by atoms with Crippen LogP contribution >= 0.6 is 27.5 Å². The van der Waals surface area contributed by atoms with E-state index in [1.54, 1.807) is 0 Å². The van der Waals surface area contributed by atoms with Gasteiger partial charge in [-0.1, -0.05) is 16.8 Å². The van der Waals surface area contributed by atoms with Crippen molar-refractivity contribution < 1.29 is 4.52 Å². The molecule has 18 heavy (non-hydrogen) atoms. The smallest absolute Gasteiger partial charge is 0.138 e. The minimum absolute atomic E-state index is 0.666. The quantitative estimate of drug-likeness (QED) is 0.892. The van der Waals surface area contributed by atoms with Crippen LogP contribution in [-0.4, -0.2) is 5.16 Å². The molecule has 1 N–H and O–H groups in total. The third-order valence-corrected chi connectivity index (χ3v) is 3.95. The van der Waals surface area contributed by atoms with E-state index in [-0.39, 0.29) is 0 Å². The second-order valence-electron chi connectivity index (χ2n) is 4.24. The van der Waals surface area contributed by atoms with E-state index in [9.17, 15) is 0 Å². The second-order valence-corrected chi connectivity index (χ2v) is 5.50. The van der Waals surface area contributed by atoms with Crippen LogP contribution in [0.5, 0.6) is 0 Å². The molecule has 0 saturated carbocycles. The average molecular weight is 330 g/mol. The number of rotatable bonds is 3. The molecular weight excluding hydrogens is 316 g/mol. The fraction of sp³-hybridized carbons (Fsp3) is 0.308. The van der Waals surface area contributed by atoms with E-state index in [0.717, 1.165) is 37.8 Å². The lowest BCUT2D eigenvalue weighted by atomic mass is 10.2. The third kappa shape index (κ3) is 2.70. The Morgan fingerprint density at radius 1 is 1.33 bits per heavy atom. The fourth-order valence-electron chi connectivity index (χ4n) is 1.72. The monoisotopic (exact) mass is 328 g/mol. The molecule has 5 heteroatoms. The Morgan fingerprint density at radius 3 is 2.67 bits per heavy atom. The Balaban J connectivity index is 2.18. The fourth-order valence-corrected chi connectivity index (χ4v) is 2.48. The van der Waals surface area contributed by atoms with Crippen LogP contribution in [-0.2, 0) is 6.54 Å². The zero-order valence-corrected chi connectivity index (χ0v) is 12.8. The van der Waals surface area contributed by atoms with Gasteiger partial charge in [0.05, 0.1) is 11.4 Å². The van der Waals surface area contributed by atoms with Crippen LogP contribution in [0.1, 0.15) is 22.6 Å². The SMILES string of the molecule is Cc1cc(Br)c(NCc2c(C)noc2C)cc1Cl. The Morgan fingerprint density at radius 2 is 2.06 bits per heavy atom. The summed E-state index contributed by atoms with van der Waals surface area (Å²) in [5.74, 6) is 0.842. The number of aromatic nitrogens is 1. The number of anilines is 1. The lowest BCUT2D eigenvalue weighted by Crippen LogP contribution is -2.02. The summed E-state index contributed by atoms with van der Waals surface area (Å²) in [4.78, 5) is 0. The molecule has 0 amide bonds. The molecule has 3 nitrogen and oxygen atoms in total. The zero-order chi connectivity index (χ0) is 13.3. The van der Waals surface area contributed by atoms with Crippen LogP contribution in [0, 0.1) is 20.8 Å². The van der Waals surface area contributed by atoms with Crippen molar-refractivity contribution >= 4 is 33.2 Å². The van der Waals surface area contributed by atoms with Crippen molar-refractivity contribution in [3.63, 3.8) is 0 Å². The van der Waals surface area contributed by atoms with Gasteiger partial charge in [-0.05, 0) is 54.4 Å². The van der Waals surface area contributed by atoms with Crippen LogP contribution < -0.4 is 5.32 Å². The molecule has 96 valence electrons. The molecule has 0 aliphatic heterocycles. The van der Waals surface area contributed by atoms with Gasteiger partial charge in [0.1, 0.15) is 5.76 Å². The molecule has 0 saturated heterocycles. The van der Waals surface area contributed by atoms with Crippen LogP contribution in [0.25, 0.3) is 0 Å². The van der Waals surface area contributed by atoms with Gasteiger partial charge in [0.15, 0.2) is 0 Å². The number of aryl methyl sites for hydroxylation is 3. The lowest BCUT2D eigenvalue weighted by Gasteiger charge is -2.10. The standard InChI is InChI=1S/C13H14BrClN2O/c1-7-4-11(14)13(5-12(7)15)16-6-10-8(2)17-18-9(10)3/h4-5,16H,6H2,1-3H3. The van der Waals surface area contributed by atoms with Gasteiger partial charge in [-0.15, -0.1) is 0 Å². The van der Waals surface area contributed by atoms with Gasteiger partial charge < -0.3 is 9.84 Å². The van der Waals surface area contributed by atoms with E-state index in [1.807, 2.05) is 32.9 Å². The van der Waals surface area contributed by atoms with Crippen molar-refractivity contribution in [2.24, 2.45) is 0 Å². The first-order valence-corrected chi connectivity index (χ1v) is 6.77. The number of benzene rings is 1. The van der Waals surface area contributed by atoms with Crippen molar-refractivity contribution in [2.45, 2.75) is 27.3 Å². The topological polar surface area (TPSA) is 38.1 Å². The van der Waals surface area contributed by atoms with Gasteiger partial charge in [0, 0.05) is 21.6 Å². The molecule has 2 rings (SSSR count). The van der Waals surface area contributed by atoms with Crippen LogP contribution in [0.2, 0.25) is 5.02 Å². The molecule has 0 bridgehead atoms. The van der Waals surface area contributed by atoms with E-state index in [2.05, 4.69) is 26.4 Å².